The highest BCUT2D eigenvalue weighted by molar-refractivity contribution is 7.80. The fourth-order valence-corrected chi connectivity index (χ4v) is 2.52. The van der Waals surface area contributed by atoms with Crippen molar-refractivity contribution in [2.75, 3.05) is 5.32 Å². The van der Waals surface area contributed by atoms with E-state index in [1.807, 2.05) is 44.2 Å². The number of thiocarbonyl (C=S) groups is 1. The average molecular weight is 368 g/mol. The first kappa shape index (κ1) is 17.7. The van der Waals surface area contributed by atoms with Crippen LogP contribution in [0.3, 0.4) is 0 Å². The van der Waals surface area contributed by atoms with Crippen molar-refractivity contribution in [1.29, 1.82) is 0 Å². The predicted molar refractivity (Wildman–Crippen MR) is 104 cm³/mol. The van der Waals surface area contributed by atoms with Crippen LogP contribution in [0.1, 0.15) is 18.3 Å². The van der Waals surface area contributed by atoms with Gasteiger partial charge in [0.05, 0.1) is 17.1 Å². The maximum absolute atomic E-state index is 13.1. The molecule has 0 saturated heterocycles. The van der Waals surface area contributed by atoms with E-state index in [2.05, 4.69) is 26.2 Å². The number of hydrazone groups is 1. The molecular formula is C18H17FN6S. The Morgan fingerprint density at radius 2 is 1.81 bits per heavy atom. The minimum absolute atomic E-state index is 0.298. The van der Waals surface area contributed by atoms with Crippen molar-refractivity contribution in [1.82, 2.24) is 20.4 Å². The summed E-state index contributed by atoms with van der Waals surface area (Å²) in [4.78, 5) is 0. The van der Waals surface area contributed by atoms with E-state index in [1.165, 1.54) is 12.1 Å². The Labute approximate surface area is 155 Å². The van der Waals surface area contributed by atoms with Gasteiger partial charge in [0.25, 0.3) is 0 Å². The number of anilines is 1. The number of para-hydroxylation sites is 1. The molecular weight excluding hydrogens is 351 g/mol. The van der Waals surface area contributed by atoms with Gasteiger partial charge in [0.2, 0.25) is 0 Å². The zero-order valence-electron chi connectivity index (χ0n) is 14.3. The number of benzene rings is 2. The third-order valence-corrected chi connectivity index (χ3v) is 3.86. The summed E-state index contributed by atoms with van der Waals surface area (Å²) in [6, 6.07) is 15.6. The molecule has 0 bridgehead atoms. The second-order valence-corrected chi connectivity index (χ2v) is 5.95. The Morgan fingerprint density at radius 1 is 1.12 bits per heavy atom. The maximum Gasteiger partial charge on any atom is 0.191 e. The molecule has 2 N–H and O–H groups in total. The van der Waals surface area contributed by atoms with Crippen LogP contribution in [0, 0.1) is 12.7 Å². The van der Waals surface area contributed by atoms with Gasteiger partial charge in [0.15, 0.2) is 5.11 Å². The zero-order valence-corrected chi connectivity index (χ0v) is 15.1. The largest absolute Gasteiger partial charge is 0.331 e. The lowest BCUT2D eigenvalue weighted by molar-refractivity contribution is 0.626. The maximum atomic E-state index is 13.1. The van der Waals surface area contributed by atoms with E-state index in [1.54, 1.807) is 16.8 Å². The van der Waals surface area contributed by atoms with Crippen molar-refractivity contribution in [3.8, 4) is 5.69 Å². The van der Waals surface area contributed by atoms with Gasteiger partial charge in [0, 0.05) is 5.69 Å². The molecule has 0 amide bonds. The van der Waals surface area contributed by atoms with Crippen molar-refractivity contribution < 1.29 is 4.39 Å². The molecule has 0 unspecified atom stereocenters. The highest BCUT2D eigenvalue weighted by Crippen LogP contribution is 2.13. The van der Waals surface area contributed by atoms with Gasteiger partial charge in [-0.3, -0.25) is 5.43 Å². The third-order valence-electron chi connectivity index (χ3n) is 3.67. The molecule has 3 aromatic rings. The monoisotopic (exact) mass is 368 g/mol. The predicted octanol–water partition coefficient (Wildman–Crippen LogP) is 3.43. The Balaban J connectivity index is 1.71. The highest BCUT2D eigenvalue weighted by atomic mass is 32.1. The van der Waals surface area contributed by atoms with Crippen LogP contribution in [0.4, 0.5) is 10.1 Å². The lowest BCUT2D eigenvalue weighted by atomic mass is 10.2. The van der Waals surface area contributed by atoms with Crippen LogP contribution in [0.15, 0.2) is 59.7 Å². The summed E-state index contributed by atoms with van der Waals surface area (Å²) in [7, 11) is 0. The number of rotatable bonds is 4. The molecule has 6 nitrogen and oxygen atoms in total. The molecule has 0 aliphatic rings. The lowest BCUT2D eigenvalue weighted by Crippen LogP contribution is -2.25. The van der Waals surface area contributed by atoms with E-state index in [0.29, 0.717) is 16.5 Å². The van der Waals surface area contributed by atoms with E-state index in [9.17, 15) is 4.39 Å². The quantitative estimate of drug-likeness (QED) is 0.420. The molecule has 0 atom stereocenters. The van der Waals surface area contributed by atoms with Gasteiger partial charge in [-0.1, -0.05) is 23.4 Å². The van der Waals surface area contributed by atoms with Gasteiger partial charge >= 0.3 is 0 Å². The number of nitrogens with one attached hydrogen (secondary N) is 2. The molecule has 0 aliphatic heterocycles. The molecule has 1 heterocycles. The minimum Gasteiger partial charge on any atom is -0.331 e. The van der Waals surface area contributed by atoms with Gasteiger partial charge in [-0.25, -0.2) is 9.07 Å². The summed E-state index contributed by atoms with van der Waals surface area (Å²) < 4.78 is 14.7. The fourth-order valence-electron chi connectivity index (χ4n) is 2.36. The first-order valence-corrected chi connectivity index (χ1v) is 8.30. The summed E-state index contributed by atoms with van der Waals surface area (Å²) in [5.41, 5.74) is 6.45. The molecule has 8 heteroatoms. The number of hydrogen-bond acceptors (Lipinski definition) is 4. The smallest absolute Gasteiger partial charge is 0.191 e. The second-order valence-electron chi connectivity index (χ2n) is 5.54. The number of nitrogens with zero attached hydrogens (tertiary/aromatic N) is 4. The Hall–Kier alpha value is -3.13. The molecule has 26 heavy (non-hydrogen) atoms. The van der Waals surface area contributed by atoms with Crippen molar-refractivity contribution in [3.05, 3.63) is 71.8 Å². The first-order chi connectivity index (χ1) is 12.5. The Morgan fingerprint density at radius 3 is 2.50 bits per heavy atom. The highest BCUT2D eigenvalue weighted by Gasteiger charge is 2.13. The molecule has 0 aliphatic carbocycles. The van der Waals surface area contributed by atoms with Crippen LogP contribution in [0.5, 0.6) is 0 Å². The van der Waals surface area contributed by atoms with Gasteiger partial charge in [-0.2, -0.15) is 5.10 Å². The van der Waals surface area contributed by atoms with Crippen LogP contribution in [-0.4, -0.2) is 25.8 Å². The van der Waals surface area contributed by atoms with Gasteiger partial charge in [-0.15, -0.1) is 5.10 Å². The second kappa shape index (κ2) is 7.83. The van der Waals surface area contributed by atoms with Gasteiger partial charge in [0.1, 0.15) is 11.5 Å². The molecule has 2 aromatic carbocycles. The standard InChI is InChI=1S/C18H17FN6S/c1-12(21-23-18(26)20-15-6-4-3-5-7-15)17-13(2)25(24-22-17)16-10-8-14(19)9-11-16/h3-11H,1-2H3,(H2,20,23,26)/b21-12+. The number of halogens is 1. The summed E-state index contributed by atoms with van der Waals surface area (Å²) in [6.07, 6.45) is 0. The molecule has 3 rings (SSSR count). The molecule has 132 valence electrons. The van der Waals surface area contributed by atoms with Crippen molar-refractivity contribution in [3.63, 3.8) is 0 Å². The SMILES string of the molecule is C/C(=N\NC(=S)Nc1ccccc1)c1nnn(-c2ccc(F)cc2)c1C. The first-order valence-electron chi connectivity index (χ1n) is 7.89. The van der Waals surface area contributed by atoms with Crippen LogP contribution in [0.2, 0.25) is 0 Å². The van der Waals surface area contributed by atoms with E-state index in [0.717, 1.165) is 17.1 Å². The van der Waals surface area contributed by atoms with Crippen molar-refractivity contribution in [2.45, 2.75) is 13.8 Å². The molecule has 0 fully saturated rings. The van der Waals surface area contributed by atoms with Crippen LogP contribution < -0.4 is 10.7 Å². The van der Waals surface area contributed by atoms with Crippen molar-refractivity contribution >= 4 is 28.7 Å². The van der Waals surface area contributed by atoms with E-state index in [4.69, 9.17) is 12.2 Å². The van der Waals surface area contributed by atoms with Crippen molar-refractivity contribution in [2.24, 2.45) is 5.10 Å². The van der Waals surface area contributed by atoms with Crippen LogP contribution >= 0.6 is 12.2 Å². The summed E-state index contributed by atoms with van der Waals surface area (Å²) in [5, 5.41) is 15.9. The van der Waals surface area contributed by atoms with E-state index >= 15 is 0 Å². The molecule has 1 aromatic heterocycles. The number of aromatic nitrogens is 3. The zero-order chi connectivity index (χ0) is 18.5. The van der Waals surface area contributed by atoms with E-state index < -0.39 is 0 Å². The fraction of sp³-hybridized carbons (Fsp3) is 0.111. The number of hydrogen-bond donors (Lipinski definition) is 2. The lowest BCUT2D eigenvalue weighted by Gasteiger charge is -2.07. The topological polar surface area (TPSA) is 67.1 Å². The Kier molecular flexibility index (Phi) is 5.33. The normalized spacial score (nSPS) is 11.3. The van der Waals surface area contributed by atoms with E-state index in [-0.39, 0.29) is 5.82 Å². The summed E-state index contributed by atoms with van der Waals surface area (Å²) in [6.45, 7) is 3.68. The van der Waals surface area contributed by atoms with Crippen LogP contribution in [0.25, 0.3) is 5.69 Å². The van der Waals surface area contributed by atoms with Gasteiger partial charge in [-0.05, 0) is 62.5 Å². The summed E-state index contributed by atoms with van der Waals surface area (Å²) >= 11 is 5.23. The molecule has 0 spiro atoms. The minimum atomic E-state index is -0.298. The average Bonchev–Trinajstić information content (AvgIpc) is 3.03. The Bertz CT molecular complexity index is 934. The van der Waals surface area contributed by atoms with Crippen LogP contribution in [-0.2, 0) is 0 Å². The third kappa shape index (κ3) is 4.09. The molecule has 0 saturated carbocycles. The summed E-state index contributed by atoms with van der Waals surface area (Å²) in [5.74, 6) is -0.298. The van der Waals surface area contributed by atoms with Gasteiger partial charge < -0.3 is 5.32 Å². The molecule has 0 radical (unpaired) electrons.